The lowest BCUT2D eigenvalue weighted by Crippen LogP contribution is -2.29. The average Bonchev–Trinajstić information content (AvgIpc) is 2.61. The number of carbonyl (C=O) groups is 1. The van der Waals surface area contributed by atoms with Crippen LogP contribution in [0.2, 0.25) is 0 Å². The van der Waals surface area contributed by atoms with Gasteiger partial charge in [-0.25, -0.2) is 0 Å². The van der Waals surface area contributed by atoms with Gasteiger partial charge in [0.05, 0.1) is 13.2 Å². The number of methoxy groups -OCH3 is 1. The molecular weight excluding hydrogens is 306 g/mol. The summed E-state index contributed by atoms with van der Waals surface area (Å²) in [6, 6.07) is 16.0. The van der Waals surface area contributed by atoms with Crippen molar-refractivity contribution in [3.8, 4) is 5.75 Å². The monoisotopic (exact) mass is 325 g/mol. The number of amides is 1. The molecule has 3 rings (SSSR count). The van der Waals surface area contributed by atoms with Crippen molar-refractivity contribution in [3.63, 3.8) is 0 Å². The van der Waals surface area contributed by atoms with Gasteiger partial charge in [0, 0.05) is 16.7 Å². The maximum atomic E-state index is 12.2. The summed E-state index contributed by atoms with van der Waals surface area (Å²) in [6.07, 6.45) is 4.37. The average molecular weight is 325 g/mol. The van der Waals surface area contributed by atoms with Gasteiger partial charge >= 0.3 is 0 Å². The first-order chi connectivity index (χ1) is 11.3. The Balaban J connectivity index is 1.64. The van der Waals surface area contributed by atoms with Gasteiger partial charge in [-0.3, -0.25) is 4.79 Å². The van der Waals surface area contributed by atoms with E-state index in [0.29, 0.717) is 0 Å². The maximum Gasteiger partial charge on any atom is 0.244 e. The molecule has 1 atom stereocenters. The highest BCUT2D eigenvalue weighted by Gasteiger charge is 2.20. The number of ether oxygens (including phenoxy) is 1. The van der Waals surface area contributed by atoms with Gasteiger partial charge in [0.1, 0.15) is 5.75 Å². The van der Waals surface area contributed by atoms with E-state index in [1.54, 1.807) is 13.2 Å². The van der Waals surface area contributed by atoms with Crippen molar-refractivity contribution in [3.05, 3.63) is 65.7 Å². The predicted molar refractivity (Wildman–Crippen MR) is 94.7 cm³/mol. The standard InChI is InChI=1S/C19H19NO2S/c1-22-15-9-6-14(7-10-15)8-11-19(21)20-17-12-13-23-18-5-3-2-4-16(17)18/h2-11,17H,12-13H2,1H3,(H,20,21)/b11-8+/t17-/m0/s1. The van der Waals surface area contributed by atoms with E-state index in [9.17, 15) is 4.79 Å². The van der Waals surface area contributed by atoms with Crippen LogP contribution in [0.3, 0.4) is 0 Å². The molecule has 3 nitrogen and oxygen atoms in total. The Hall–Kier alpha value is -2.20. The molecule has 0 aliphatic carbocycles. The van der Waals surface area contributed by atoms with Gasteiger partial charge in [0.25, 0.3) is 0 Å². The van der Waals surface area contributed by atoms with Crippen molar-refractivity contribution in [2.45, 2.75) is 17.4 Å². The summed E-state index contributed by atoms with van der Waals surface area (Å²) in [5.74, 6) is 1.78. The fourth-order valence-electron chi connectivity index (χ4n) is 2.60. The first-order valence-electron chi connectivity index (χ1n) is 7.60. The van der Waals surface area contributed by atoms with E-state index in [2.05, 4.69) is 17.4 Å². The number of rotatable bonds is 4. The van der Waals surface area contributed by atoms with Gasteiger partial charge < -0.3 is 10.1 Å². The minimum absolute atomic E-state index is 0.0625. The molecule has 1 N–H and O–H groups in total. The number of nitrogens with one attached hydrogen (secondary N) is 1. The zero-order valence-corrected chi connectivity index (χ0v) is 13.8. The largest absolute Gasteiger partial charge is 0.497 e. The molecule has 1 amide bonds. The van der Waals surface area contributed by atoms with E-state index >= 15 is 0 Å². The van der Waals surface area contributed by atoms with Crippen LogP contribution in [-0.2, 0) is 4.79 Å². The first-order valence-corrected chi connectivity index (χ1v) is 8.59. The van der Waals surface area contributed by atoms with Crippen molar-refractivity contribution in [2.75, 3.05) is 12.9 Å². The van der Waals surface area contributed by atoms with Crippen LogP contribution in [-0.4, -0.2) is 18.8 Å². The fourth-order valence-corrected chi connectivity index (χ4v) is 3.72. The highest BCUT2D eigenvalue weighted by molar-refractivity contribution is 7.99. The Labute approximate surface area is 140 Å². The zero-order valence-electron chi connectivity index (χ0n) is 13.0. The van der Waals surface area contributed by atoms with E-state index in [0.717, 1.165) is 23.5 Å². The van der Waals surface area contributed by atoms with E-state index < -0.39 is 0 Å². The fraction of sp³-hybridized carbons (Fsp3) is 0.211. The molecule has 0 bridgehead atoms. The molecule has 1 heterocycles. The Morgan fingerprint density at radius 1 is 1.22 bits per heavy atom. The summed E-state index contributed by atoms with van der Waals surface area (Å²) in [5, 5.41) is 3.10. The van der Waals surface area contributed by atoms with Crippen LogP contribution in [0.1, 0.15) is 23.6 Å². The van der Waals surface area contributed by atoms with Crippen LogP contribution in [0.4, 0.5) is 0 Å². The van der Waals surface area contributed by atoms with Gasteiger partial charge in [-0.05, 0) is 41.8 Å². The highest BCUT2D eigenvalue weighted by Crippen LogP contribution is 2.35. The molecule has 0 fully saturated rings. The Bertz CT molecular complexity index is 710. The second-order valence-corrected chi connectivity index (χ2v) is 6.48. The summed E-state index contributed by atoms with van der Waals surface area (Å²) in [5.41, 5.74) is 2.19. The summed E-state index contributed by atoms with van der Waals surface area (Å²) < 4.78 is 5.12. The molecule has 0 aromatic heterocycles. The second kappa shape index (κ2) is 7.38. The minimum Gasteiger partial charge on any atom is -0.497 e. The van der Waals surface area contributed by atoms with Crippen LogP contribution in [0, 0.1) is 0 Å². The van der Waals surface area contributed by atoms with E-state index in [1.807, 2.05) is 54.2 Å². The molecular formula is C19H19NO2S. The van der Waals surface area contributed by atoms with Crippen molar-refractivity contribution in [1.29, 1.82) is 0 Å². The number of carbonyl (C=O) groups excluding carboxylic acids is 1. The molecule has 1 aliphatic rings. The van der Waals surface area contributed by atoms with E-state index in [-0.39, 0.29) is 11.9 Å². The van der Waals surface area contributed by atoms with Gasteiger partial charge in [-0.2, -0.15) is 0 Å². The van der Waals surface area contributed by atoms with E-state index in [4.69, 9.17) is 4.74 Å². The molecule has 1 aliphatic heterocycles. The topological polar surface area (TPSA) is 38.3 Å². The van der Waals surface area contributed by atoms with Crippen molar-refractivity contribution < 1.29 is 9.53 Å². The number of hydrogen-bond donors (Lipinski definition) is 1. The van der Waals surface area contributed by atoms with Gasteiger partial charge in [-0.15, -0.1) is 11.8 Å². The molecule has 0 radical (unpaired) electrons. The smallest absolute Gasteiger partial charge is 0.244 e. The molecule has 4 heteroatoms. The van der Waals surface area contributed by atoms with Gasteiger partial charge in [0.2, 0.25) is 5.91 Å². The lowest BCUT2D eigenvalue weighted by atomic mass is 10.0. The summed E-state index contributed by atoms with van der Waals surface area (Å²) in [6.45, 7) is 0. The SMILES string of the molecule is COc1ccc(/C=C/C(=O)N[C@H]2CCSc3ccccc32)cc1. The number of benzene rings is 2. The lowest BCUT2D eigenvalue weighted by molar-refractivity contribution is -0.117. The molecule has 0 spiro atoms. The summed E-state index contributed by atoms with van der Waals surface area (Å²) in [4.78, 5) is 13.5. The summed E-state index contributed by atoms with van der Waals surface area (Å²) in [7, 11) is 1.64. The normalized spacial score (nSPS) is 16.8. The van der Waals surface area contributed by atoms with Crippen LogP contribution in [0.5, 0.6) is 5.75 Å². The van der Waals surface area contributed by atoms with Crippen molar-refractivity contribution in [2.24, 2.45) is 0 Å². The van der Waals surface area contributed by atoms with E-state index in [1.165, 1.54) is 10.5 Å². The Morgan fingerprint density at radius 3 is 2.78 bits per heavy atom. The van der Waals surface area contributed by atoms with Crippen LogP contribution in [0.15, 0.2) is 59.5 Å². The third-order valence-electron chi connectivity index (χ3n) is 3.82. The van der Waals surface area contributed by atoms with Crippen molar-refractivity contribution >= 4 is 23.7 Å². The lowest BCUT2D eigenvalue weighted by Gasteiger charge is -2.25. The van der Waals surface area contributed by atoms with Crippen LogP contribution >= 0.6 is 11.8 Å². The summed E-state index contributed by atoms with van der Waals surface area (Å²) >= 11 is 1.85. The van der Waals surface area contributed by atoms with Crippen LogP contribution in [0.25, 0.3) is 6.08 Å². The molecule has 23 heavy (non-hydrogen) atoms. The minimum atomic E-state index is -0.0625. The first kappa shape index (κ1) is 15.7. The molecule has 0 saturated carbocycles. The molecule has 2 aromatic rings. The van der Waals surface area contributed by atoms with Crippen molar-refractivity contribution in [1.82, 2.24) is 5.32 Å². The second-order valence-electron chi connectivity index (χ2n) is 5.34. The Kier molecular flexibility index (Phi) is 5.03. The number of thioether (sulfide) groups is 1. The van der Waals surface area contributed by atoms with Gasteiger partial charge in [0.15, 0.2) is 0 Å². The predicted octanol–water partition coefficient (Wildman–Crippen LogP) is 4.06. The molecule has 0 unspecified atom stereocenters. The maximum absolute atomic E-state index is 12.2. The molecule has 2 aromatic carbocycles. The molecule has 118 valence electrons. The highest BCUT2D eigenvalue weighted by atomic mass is 32.2. The zero-order chi connectivity index (χ0) is 16.1. The molecule has 0 saturated heterocycles. The number of hydrogen-bond acceptors (Lipinski definition) is 3. The van der Waals surface area contributed by atoms with Crippen LogP contribution < -0.4 is 10.1 Å². The quantitative estimate of drug-likeness (QED) is 0.862. The van der Waals surface area contributed by atoms with Gasteiger partial charge in [-0.1, -0.05) is 30.3 Å². The third-order valence-corrected chi connectivity index (χ3v) is 4.94. The third kappa shape index (κ3) is 3.96. The Morgan fingerprint density at radius 2 is 2.00 bits per heavy atom. The number of fused-ring (bicyclic) bond motifs is 1.